The van der Waals surface area contributed by atoms with Crippen LogP contribution in [0.4, 0.5) is 0 Å². The molecular formula is C20H35N. The molecule has 0 N–H and O–H groups in total. The van der Waals surface area contributed by atoms with Gasteiger partial charge in [-0.3, -0.25) is 0 Å². The van der Waals surface area contributed by atoms with Gasteiger partial charge in [0.25, 0.3) is 0 Å². The first-order valence-electron chi connectivity index (χ1n) is 8.72. The Morgan fingerprint density at radius 2 is 1.81 bits per heavy atom. The van der Waals surface area contributed by atoms with Crippen molar-refractivity contribution in [3.05, 3.63) is 24.4 Å². The average Bonchev–Trinajstić information content (AvgIpc) is 3.13. The van der Waals surface area contributed by atoms with Crippen molar-refractivity contribution >= 4 is 0 Å². The van der Waals surface area contributed by atoms with E-state index in [4.69, 9.17) is 0 Å². The monoisotopic (exact) mass is 289 g/mol. The van der Waals surface area contributed by atoms with Crippen molar-refractivity contribution in [3.63, 3.8) is 0 Å². The van der Waals surface area contributed by atoms with E-state index in [-0.39, 0.29) is 11.0 Å². The molecule has 3 atom stereocenters. The molecule has 1 heteroatoms. The molecule has 0 aromatic heterocycles. The van der Waals surface area contributed by atoms with Crippen LogP contribution in [0.25, 0.3) is 0 Å². The van der Waals surface area contributed by atoms with Gasteiger partial charge in [0.05, 0.1) is 0 Å². The minimum Gasteiger partial charge on any atom is -0.370 e. The van der Waals surface area contributed by atoms with Gasteiger partial charge in [-0.1, -0.05) is 39.5 Å². The van der Waals surface area contributed by atoms with Crippen LogP contribution in [0.3, 0.4) is 0 Å². The molecule has 3 unspecified atom stereocenters. The summed E-state index contributed by atoms with van der Waals surface area (Å²) in [7, 11) is 0. The van der Waals surface area contributed by atoms with Crippen molar-refractivity contribution in [3.8, 4) is 0 Å². The normalized spacial score (nSPS) is 29.3. The van der Waals surface area contributed by atoms with Gasteiger partial charge >= 0.3 is 0 Å². The summed E-state index contributed by atoms with van der Waals surface area (Å²) in [5.41, 5.74) is 1.62. The second kappa shape index (κ2) is 5.82. The first-order chi connectivity index (χ1) is 9.60. The third-order valence-electron chi connectivity index (χ3n) is 5.31. The third kappa shape index (κ3) is 4.14. The maximum atomic E-state index is 4.43. The maximum absolute atomic E-state index is 4.43. The Kier molecular flexibility index (Phi) is 4.61. The van der Waals surface area contributed by atoms with E-state index >= 15 is 0 Å². The number of hydrogen-bond acceptors (Lipinski definition) is 1. The lowest BCUT2D eigenvalue weighted by atomic mass is 9.87. The predicted octanol–water partition coefficient (Wildman–Crippen LogP) is 5.64. The molecule has 0 bridgehead atoms. The van der Waals surface area contributed by atoms with Gasteiger partial charge in [-0.05, 0) is 64.2 Å². The van der Waals surface area contributed by atoms with Gasteiger partial charge in [-0.25, -0.2) is 0 Å². The van der Waals surface area contributed by atoms with E-state index < -0.39 is 0 Å². The highest BCUT2D eigenvalue weighted by atomic mass is 15.2. The van der Waals surface area contributed by atoms with E-state index in [0.717, 1.165) is 17.8 Å². The van der Waals surface area contributed by atoms with E-state index in [1.165, 1.54) is 37.9 Å². The molecule has 0 spiro atoms. The van der Waals surface area contributed by atoms with Gasteiger partial charge in [0.1, 0.15) is 0 Å². The Hall–Kier alpha value is -0.720. The van der Waals surface area contributed by atoms with Gasteiger partial charge in [0.2, 0.25) is 0 Å². The molecular weight excluding hydrogens is 254 g/mol. The van der Waals surface area contributed by atoms with Crippen LogP contribution in [-0.2, 0) is 0 Å². The minimum absolute atomic E-state index is 0.158. The van der Waals surface area contributed by atoms with Crippen LogP contribution in [-0.4, -0.2) is 17.0 Å². The Balaban J connectivity index is 1.98. The molecule has 1 fully saturated rings. The summed E-state index contributed by atoms with van der Waals surface area (Å²) < 4.78 is 0. The quantitative estimate of drug-likeness (QED) is 0.605. The van der Waals surface area contributed by atoms with Crippen molar-refractivity contribution in [1.29, 1.82) is 0 Å². The summed E-state index contributed by atoms with van der Waals surface area (Å²) in [6, 6.07) is 0. The Morgan fingerprint density at radius 1 is 1.14 bits per heavy atom. The lowest BCUT2D eigenvalue weighted by molar-refractivity contribution is 0.138. The Labute approximate surface area is 132 Å². The number of hydrogen-bond donors (Lipinski definition) is 0. The van der Waals surface area contributed by atoms with Crippen molar-refractivity contribution in [2.45, 2.75) is 72.8 Å². The maximum Gasteiger partial charge on any atom is 0.0315 e. The molecule has 0 radical (unpaired) electrons. The molecule has 2 rings (SSSR count). The lowest BCUT2D eigenvalue weighted by Crippen LogP contribution is -2.45. The minimum atomic E-state index is 0.158. The fraction of sp³-hybridized carbons (Fsp3) is 0.800. The fourth-order valence-corrected chi connectivity index (χ4v) is 3.69. The smallest absolute Gasteiger partial charge is 0.0315 e. The van der Waals surface area contributed by atoms with E-state index in [1.54, 1.807) is 0 Å². The van der Waals surface area contributed by atoms with Gasteiger partial charge in [0, 0.05) is 23.2 Å². The molecule has 0 amide bonds. The molecule has 2 aliphatic rings. The summed E-state index contributed by atoms with van der Waals surface area (Å²) in [5.74, 6) is 2.80. The summed E-state index contributed by atoms with van der Waals surface area (Å²) in [6.45, 7) is 19.4. The predicted molar refractivity (Wildman–Crippen MR) is 93.1 cm³/mol. The summed E-state index contributed by atoms with van der Waals surface area (Å²) in [4.78, 5) is 2.58. The molecule has 0 heterocycles. The van der Waals surface area contributed by atoms with Crippen LogP contribution in [0, 0.1) is 23.2 Å². The topological polar surface area (TPSA) is 3.24 Å². The number of rotatable bonds is 4. The van der Waals surface area contributed by atoms with Crippen molar-refractivity contribution < 1.29 is 0 Å². The molecule has 0 aromatic carbocycles. The first-order valence-corrected chi connectivity index (χ1v) is 8.72. The van der Waals surface area contributed by atoms with E-state index in [9.17, 15) is 0 Å². The van der Waals surface area contributed by atoms with E-state index in [1.807, 2.05) is 0 Å². The molecule has 0 aromatic rings. The van der Waals surface area contributed by atoms with Crippen LogP contribution in [0.15, 0.2) is 24.4 Å². The summed E-state index contributed by atoms with van der Waals surface area (Å²) in [6.07, 6.45) is 10.2. The highest BCUT2D eigenvalue weighted by molar-refractivity contribution is 5.10. The molecule has 0 saturated heterocycles. The van der Waals surface area contributed by atoms with Gasteiger partial charge in [-0.2, -0.15) is 0 Å². The van der Waals surface area contributed by atoms with Crippen molar-refractivity contribution in [2.75, 3.05) is 6.54 Å². The third-order valence-corrected chi connectivity index (χ3v) is 5.31. The fourth-order valence-electron chi connectivity index (χ4n) is 3.69. The van der Waals surface area contributed by atoms with Crippen LogP contribution in [0.2, 0.25) is 0 Å². The zero-order valence-corrected chi connectivity index (χ0v) is 15.1. The highest BCUT2D eigenvalue weighted by Crippen LogP contribution is 2.50. The largest absolute Gasteiger partial charge is 0.370 e. The van der Waals surface area contributed by atoms with Crippen molar-refractivity contribution in [1.82, 2.24) is 4.90 Å². The Bertz CT molecular complexity index is 405. The van der Waals surface area contributed by atoms with Gasteiger partial charge in [-0.15, -0.1) is 0 Å². The standard InChI is InChI=1S/C20H35N/c1-15(19(2,3)4)21(20(5,6)7)14-17-13-18(17)16-11-9-8-10-12-16/h8-9,16-18H,1,10-14H2,2-7H3. The second-order valence-electron chi connectivity index (χ2n) is 9.18. The molecule has 1 saturated carbocycles. The second-order valence-corrected chi connectivity index (χ2v) is 9.18. The van der Waals surface area contributed by atoms with E-state index in [0.29, 0.717) is 0 Å². The lowest BCUT2D eigenvalue weighted by Gasteiger charge is -2.44. The highest BCUT2D eigenvalue weighted by Gasteiger charge is 2.44. The van der Waals surface area contributed by atoms with Crippen LogP contribution in [0.1, 0.15) is 67.2 Å². The summed E-state index contributed by atoms with van der Waals surface area (Å²) in [5, 5.41) is 0. The first kappa shape index (κ1) is 16.6. The van der Waals surface area contributed by atoms with Crippen LogP contribution < -0.4 is 0 Å². The molecule has 0 aliphatic heterocycles. The van der Waals surface area contributed by atoms with Crippen LogP contribution in [0.5, 0.6) is 0 Å². The molecule has 120 valence electrons. The molecule has 2 aliphatic carbocycles. The SMILES string of the molecule is C=C(N(CC1CC1C1CC=CCC1)C(C)(C)C)C(C)(C)C. The molecule has 1 nitrogen and oxygen atoms in total. The zero-order chi connectivity index (χ0) is 15.8. The molecule has 21 heavy (non-hydrogen) atoms. The summed E-state index contributed by atoms with van der Waals surface area (Å²) >= 11 is 0. The average molecular weight is 290 g/mol. The van der Waals surface area contributed by atoms with Gasteiger partial charge < -0.3 is 4.90 Å². The Morgan fingerprint density at radius 3 is 2.29 bits per heavy atom. The number of allylic oxidation sites excluding steroid dienone is 3. The van der Waals surface area contributed by atoms with E-state index in [2.05, 4.69) is 65.2 Å². The zero-order valence-electron chi connectivity index (χ0n) is 15.1. The van der Waals surface area contributed by atoms with Gasteiger partial charge in [0.15, 0.2) is 0 Å². The number of nitrogens with zero attached hydrogens (tertiary/aromatic N) is 1. The van der Waals surface area contributed by atoms with Crippen LogP contribution >= 0.6 is 0 Å². The van der Waals surface area contributed by atoms with Crippen molar-refractivity contribution in [2.24, 2.45) is 23.2 Å².